The highest BCUT2D eigenvalue weighted by atomic mass is 16.5. The van der Waals surface area contributed by atoms with Crippen molar-refractivity contribution in [2.24, 2.45) is 0 Å². The third-order valence-electron chi connectivity index (χ3n) is 5.60. The molecule has 1 aromatic heterocycles. The highest BCUT2D eigenvalue weighted by molar-refractivity contribution is 6.05. The molecule has 1 atom stereocenters. The summed E-state index contributed by atoms with van der Waals surface area (Å²) in [6.07, 6.45) is 2.17. The Hall–Kier alpha value is -3.56. The van der Waals surface area contributed by atoms with Gasteiger partial charge < -0.3 is 9.64 Å². The van der Waals surface area contributed by atoms with Crippen LogP contribution in [0.2, 0.25) is 0 Å². The zero-order valence-corrected chi connectivity index (χ0v) is 16.8. The number of nitrogens with zero attached hydrogens (tertiary/aromatic N) is 4. The van der Waals surface area contributed by atoms with Crippen molar-refractivity contribution in [3.05, 3.63) is 41.2 Å². The second-order valence-corrected chi connectivity index (χ2v) is 7.91. The van der Waals surface area contributed by atoms with Crippen molar-refractivity contribution in [1.29, 1.82) is 0 Å². The lowest BCUT2D eigenvalue weighted by Crippen LogP contribution is -2.52. The third-order valence-corrected chi connectivity index (χ3v) is 5.60. The minimum absolute atomic E-state index is 0.208. The van der Waals surface area contributed by atoms with E-state index in [-0.39, 0.29) is 24.8 Å². The molecule has 0 saturated carbocycles. The Balaban J connectivity index is 1.59. The minimum atomic E-state index is -0.956. The van der Waals surface area contributed by atoms with Crippen molar-refractivity contribution in [1.82, 2.24) is 25.2 Å². The van der Waals surface area contributed by atoms with Gasteiger partial charge in [-0.1, -0.05) is 5.21 Å². The number of imide groups is 1. The third kappa shape index (κ3) is 3.14. The van der Waals surface area contributed by atoms with Crippen LogP contribution in [0.3, 0.4) is 0 Å². The highest BCUT2D eigenvalue weighted by Crippen LogP contribution is 2.29. The molecule has 0 aliphatic carbocycles. The van der Waals surface area contributed by atoms with Crippen molar-refractivity contribution in [3.8, 4) is 5.69 Å². The number of hydrogen-bond acceptors (Lipinski definition) is 7. The summed E-state index contributed by atoms with van der Waals surface area (Å²) < 4.78 is 6.36. The van der Waals surface area contributed by atoms with Gasteiger partial charge in [0.1, 0.15) is 11.5 Å². The number of hydrogen-bond donors (Lipinski definition) is 1. The van der Waals surface area contributed by atoms with Crippen LogP contribution in [-0.2, 0) is 31.1 Å². The predicted molar refractivity (Wildman–Crippen MR) is 102 cm³/mol. The monoisotopic (exact) mass is 411 g/mol. The van der Waals surface area contributed by atoms with Crippen molar-refractivity contribution < 1.29 is 23.9 Å². The van der Waals surface area contributed by atoms with Crippen LogP contribution >= 0.6 is 0 Å². The Morgan fingerprint density at radius 2 is 2.03 bits per heavy atom. The lowest BCUT2D eigenvalue weighted by atomic mass is 9.90. The zero-order valence-electron chi connectivity index (χ0n) is 16.8. The lowest BCUT2D eigenvalue weighted by molar-refractivity contribution is -0.146. The number of nitrogens with one attached hydrogen (secondary N) is 1. The molecular formula is C20H21N5O5. The van der Waals surface area contributed by atoms with Crippen molar-refractivity contribution >= 4 is 23.7 Å². The standard InChI is InChI=1S/C20H21N5O5/c1-20(2,19(29)30-3)15-10-25(23-22-15)12-4-5-13-11(8-12)9-24(18(13)28)14-6-7-16(26)21-17(14)27/h4-5,8,10,14H,6-7,9H2,1-3H3,(H,21,26,27). The summed E-state index contributed by atoms with van der Waals surface area (Å²) in [6.45, 7) is 3.67. The second kappa shape index (κ2) is 7.05. The maximum absolute atomic E-state index is 12.8. The number of carbonyl (C=O) groups excluding carboxylic acids is 4. The Morgan fingerprint density at radius 1 is 1.27 bits per heavy atom. The number of esters is 1. The smallest absolute Gasteiger partial charge is 0.317 e. The largest absolute Gasteiger partial charge is 0.468 e. The summed E-state index contributed by atoms with van der Waals surface area (Å²) in [5.74, 6) is -1.43. The van der Waals surface area contributed by atoms with Gasteiger partial charge in [-0.25, -0.2) is 4.68 Å². The molecule has 1 N–H and O–H groups in total. The number of methoxy groups -OCH3 is 1. The van der Waals surface area contributed by atoms with E-state index in [2.05, 4.69) is 15.6 Å². The summed E-state index contributed by atoms with van der Waals surface area (Å²) in [4.78, 5) is 49.8. The van der Waals surface area contributed by atoms with Gasteiger partial charge in [0.05, 0.1) is 24.7 Å². The van der Waals surface area contributed by atoms with Crippen LogP contribution in [0, 0.1) is 0 Å². The number of rotatable bonds is 4. The molecule has 1 fully saturated rings. The Kier molecular flexibility index (Phi) is 4.64. The van der Waals surface area contributed by atoms with Crippen molar-refractivity contribution in [3.63, 3.8) is 0 Å². The van der Waals surface area contributed by atoms with Crippen LogP contribution in [0.5, 0.6) is 0 Å². The molecule has 3 amide bonds. The first-order valence-electron chi connectivity index (χ1n) is 9.51. The predicted octanol–water partition coefficient (Wildman–Crippen LogP) is 0.479. The average Bonchev–Trinajstić information content (AvgIpc) is 3.33. The SMILES string of the molecule is COC(=O)C(C)(C)c1cn(-c2ccc3c(c2)CN(C2CCC(=O)NC2=O)C3=O)nn1. The summed E-state index contributed by atoms with van der Waals surface area (Å²) >= 11 is 0. The molecule has 1 aromatic carbocycles. The molecule has 2 aliphatic rings. The highest BCUT2D eigenvalue weighted by Gasteiger charge is 2.39. The maximum atomic E-state index is 12.8. The molecule has 4 rings (SSSR count). The first kappa shape index (κ1) is 19.7. The van der Waals surface area contributed by atoms with Gasteiger partial charge in [0, 0.05) is 18.5 Å². The topological polar surface area (TPSA) is 123 Å². The molecule has 0 bridgehead atoms. The molecule has 0 spiro atoms. The van der Waals surface area contributed by atoms with E-state index < -0.39 is 23.3 Å². The van der Waals surface area contributed by atoms with Crippen molar-refractivity contribution in [2.45, 2.75) is 44.7 Å². The lowest BCUT2D eigenvalue weighted by Gasteiger charge is -2.29. The quantitative estimate of drug-likeness (QED) is 0.573. The number of piperidine rings is 1. The molecule has 2 aromatic rings. The van der Waals surface area contributed by atoms with E-state index in [9.17, 15) is 19.2 Å². The number of amides is 3. The average molecular weight is 411 g/mol. The molecule has 10 heteroatoms. The second-order valence-electron chi connectivity index (χ2n) is 7.91. The van der Waals surface area contributed by atoms with Gasteiger partial charge in [-0.15, -0.1) is 5.10 Å². The normalized spacial score (nSPS) is 19.0. The van der Waals surface area contributed by atoms with Gasteiger partial charge >= 0.3 is 5.97 Å². The van der Waals surface area contributed by atoms with Gasteiger partial charge in [-0.2, -0.15) is 0 Å². The van der Waals surface area contributed by atoms with Crippen LogP contribution in [0.15, 0.2) is 24.4 Å². The van der Waals surface area contributed by atoms with Crippen LogP contribution in [0.25, 0.3) is 5.69 Å². The molecule has 156 valence electrons. The molecule has 1 saturated heterocycles. The first-order valence-corrected chi connectivity index (χ1v) is 9.51. The Morgan fingerprint density at radius 3 is 2.73 bits per heavy atom. The van der Waals surface area contributed by atoms with Gasteiger partial charge in [-0.3, -0.25) is 24.5 Å². The van der Waals surface area contributed by atoms with Crippen LogP contribution in [0.4, 0.5) is 0 Å². The fraction of sp³-hybridized carbons (Fsp3) is 0.400. The van der Waals surface area contributed by atoms with E-state index in [1.54, 1.807) is 32.2 Å². The molecule has 0 radical (unpaired) electrons. The molecular weight excluding hydrogens is 390 g/mol. The minimum Gasteiger partial charge on any atom is -0.468 e. The number of carbonyl (C=O) groups is 4. The molecule has 10 nitrogen and oxygen atoms in total. The Labute approximate surface area is 172 Å². The van der Waals surface area contributed by atoms with Crippen LogP contribution < -0.4 is 5.32 Å². The fourth-order valence-electron chi connectivity index (χ4n) is 3.74. The number of ether oxygens (including phenoxy) is 1. The number of aromatic nitrogens is 3. The van der Waals surface area contributed by atoms with Gasteiger partial charge in [-0.05, 0) is 44.0 Å². The van der Waals surface area contributed by atoms with E-state index in [1.165, 1.54) is 16.7 Å². The van der Waals surface area contributed by atoms with Crippen LogP contribution in [0.1, 0.15) is 48.3 Å². The fourth-order valence-corrected chi connectivity index (χ4v) is 3.74. The molecule has 2 aliphatic heterocycles. The van der Waals surface area contributed by atoms with Crippen LogP contribution in [-0.4, -0.2) is 56.7 Å². The van der Waals surface area contributed by atoms with Crippen molar-refractivity contribution in [2.75, 3.05) is 7.11 Å². The van der Waals surface area contributed by atoms with E-state index >= 15 is 0 Å². The summed E-state index contributed by atoms with van der Waals surface area (Å²) in [7, 11) is 1.32. The summed E-state index contributed by atoms with van der Waals surface area (Å²) in [5.41, 5.74) is 1.44. The van der Waals surface area contributed by atoms with Gasteiger partial charge in [0.25, 0.3) is 5.91 Å². The van der Waals surface area contributed by atoms with E-state index in [1.807, 2.05) is 6.07 Å². The molecule has 30 heavy (non-hydrogen) atoms. The summed E-state index contributed by atoms with van der Waals surface area (Å²) in [5, 5.41) is 10.5. The van der Waals surface area contributed by atoms with E-state index in [4.69, 9.17) is 4.74 Å². The molecule has 3 heterocycles. The Bertz CT molecular complexity index is 1070. The van der Waals surface area contributed by atoms with Gasteiger partial charge in [0.15, 0.2) is 0 Å². The number of fused-ring (bicyclic) bond motifs is 1. The van der Waals surface area contributed by atoms with Gasteiger partial charge in [0.2, 0.25) is 11.8 Å². The first-order chi connectivity index (χ1) is 14.2. The summed E-state index contributed by atoms with van der Waals surface area (Å²) in [6, 6.07) is 4.56. The van der Waals surface area contributed by atoms with E-state index in [0.717, 1.165) is 5.56 Å². The van der Waals surface area contributed by atoms with E-state index in [0.29, 0.717) is 23.4 Å². The maximum Gasteiger partial charge on any atom is 0.317 e. The molecule has 1 unspecified atom stereocenters. The zero-order chi connectivity index (χ0) is 21.6. The number of benzene rings is 1.